The smallest absolute Gasteiger partial charge is 0.148 e. The molecule has 0 aromatic rings. The summed E-state index contributed by atoms with van der Waals surface area (Å²) in [7, 11) is -2.82. The molecule has 5 heteroatoms. The van der Waals surface area contributed by atoms with Crippen LogP contribution in [0.1, 0.15) is 26.7 Å². The topological polar surface area (TPSA) is 49.4 Å². The van der Waals surface area contributed by atoms with Crippen molar-refractivity contribution >= 4 is 9.84 Å². The van der Waals surface area contributed by atoms with Gasteiger partial charge in [-0.1, -0.05) is 6.92 Å². The maximum Gasteiger partial charge on any atom is 0.148 e. The third-order valence-electron chi connectivity index (χ3n) is 3.50. The Bertz CT molecular complexity index is 316. The lowest BCUT2D eigenvalue weighted by atomic mass is 9.93. The summed E-state index contributed by atoms with van der Waals surface area (Å²) in [5.74, 6) is 1.08. The van der Waals surface area contributed by atoms with Crippen LogP contribution in [0.5, 0.6) is 0 Å². The van der Waals surface area contributed by atoms with E-state index < -0.39 is 9.84 Å². The highest BCUT2D eigenvalue weighted by Gasteiger charge is 2.21. The van der Waals surface area contributed by atoms with E-state index >= 15 is 0 Å². The first-order valence-corrected chi connectivity index (χ1v) is 8.57. The van der Waals surface area contributed by atoms with E-state index in [-0.39, 0.29) is 5.75 Å². The molecule has 0 radical (unpaired) electrons. The van der Waals surface area contributed by atoms with Gasteiger partial charge in [0.2, 0.25) is 0 Å². The van der Waals surface area contributed by atoms with E-state index in [0.717, 1.165) is 19.0 Å². The van der Waals surface area contributed by atoms with Gasteiger partial charge in [0.1, 0.15) is 9.84 Å². The van der Waals surface area contributed by atoms with E-state index in [1.807, 2.05) is 0 Å². The van der Waals surface area contributed by atoms with Gasteiger partial charge in [-0.05, 0) is 32.2 Å². The van der Waals surface area contributed by atoms with Crippen molar-refractivity contribution in [1.29, 1.82) is 0 Å². The van der Waals surface area contributed by atoms with Crippen molar-refractivity contribution in [3.8, 4) is 0 Å². The fraction of sp³-hybridized carbons (Fsp3) is 1.00. The first-order valence-electron chi connectivity index (χ1n) is 6.51. The zero-order valence-corrected chi connectivity index (χ0v) is 12.1. The van der Waals surface area contributed by atoms with Gasteiger partial charge in [0.05, 0.1) is 5.75 Å². The van der Waals surface area contributed by atoms with Crippen molar-refractivity contribution in [2.24, 2.45) is 5.92 Å². The Hall–Kier alpha value is -0.130. The van der Waals surface area contributed by atoms with Gasteiger partial charge < -0.3 is 5.32 Å². The first-order chi connectivity index (χ1) is 7.88. The summed E-state index contributed by atoms with van der Waals surface area (Å²) < 4.78 is 21.9. The van der Waals surface area contributed by atoms with Crippen molar-refractivity contribution in [2.45, 2.75) is 32.7 Å². The SMILES string of the molecule is CC1CCN(CCNCCS(C)(=O)=O)C(C)C1. The zero-order chi connectivity index (χ0) is 12.9. The van der Waals surface area contributed by atoms with Crippen LogP contribution < -0.4 is 5.32 Å². The molecule has 102 valence electrons. The highest BCUT2D eigenvalue weighted by molar-refractivity contribution is 7.90. The summed E-state index contributed by atoms with van der Waals surface area (Å²) in [6.07, 6.45) is 3.85. The number of hydrogen-bond donors (Lipinski definition) is 1. The molecular formula is C12H26N2O2S. The lowest BCUT2D eigenvalue weighted by Crippen LogP contribution is -2.43. The van der Waals surface area contributed by atoms with Crippen molar-refractivity contribution in [3.05, 3.63) is 0 Å². The minimum Gasteiger partial charge on any atom is -0.314 e. The van der Waals surface area contributed by atoms with Gasteiger partial charge in [0.15, 0.2) is 0 Å². The second-order valence-electron chi connectivity index (χ2n) is 5.39. The summed E-state index contributed by atoms with van der Waals surface area (Å²) in [5, 5.41) is 3.20. The lowest BCUT2D eigenvalue weighted by molar-refractivity contribution is 0.131. The van der Waals surface area contributed by atoms with Crippen LogP contribution in [0.3, 0.4) is 0 Å². The van der Waals surface area contributed by atoms with E-state index in [4.69, 9.17) is 0 Å². The molecule has 0 aromatic carbocycles. The Morgan fingerprint density at radius 1 is 1.29 bits per heavy atom. The molecule has 4 nitrogen and oxygen atoms in total. The molecule has 1 aliphatic rings. The fourth-order valence-electron chi connectivity index (χ4n) is 2.39. The summed E-state index contributed by atoms with van der Waals surface area (Å²) in [5.41, 5.74) is 0. The van der Waals surface area contributed by atoms with E-state index in [2.05, 4.69) is 24.1 Å². The van der Waals surface area contributed by atoms with Crippen LogP contribution in [0.4, 0.5) is 0 Å². The molecule has 1 saturated heterocycles. The van der Waals surface area contributed by atoms with Gasteiger partial charge in [0.25, 0.3) is 0 Å². The number of likely N-dealkylation sites (tertiary alicyclic amines) is 1. The average Bonchev–Trinajstić information content (AvgIpc) is 2.18. The third-order valence-corrected chi connectivity index (χ3v) is 4.45. The number of nitrogens with one attached hydrogen (secondary N) is 1. The van der Waals surface area contributed by atoms with Gasteiger partial charge in [-0.25, -0.2) is 8.42 Å². The Kier molecular flexibility index (Phi) is 5.89. The predicted octanol–water partition coefficient (Wildman–Crippen LogP) is 0.741. The Morgan fingerprint density at radius 2 is 2.00 bits per heavy atom. The van der Waals surface area contributed by atoms with Crippen LogP contribution in [-0.4, -0.2) is 57.5 Å². The van der Waals surface area contributed by atoms with Crippen LogP contribution in [0.2, 0.25) is 0 Å². The summed E-state index contributed by atoms with van der Waals surface area (Å²) in [4.78, 5) is 2.49. The minimum atomic E-state index is -2.82. The molecule has 0 aliphatic carbocycles. The van der Waals surface area contributed by atoms with E-state index in [1.54, 1.807) is 0 Å². The normalized spacial score (nSPS) is 27.2. The van der Waals surface area contributed by atoms with E-state index in [0.29, 0.717) is 12.6 Å². The third kappa shape index (κ3) is 6.38. The van der Waals surface area contributed by atoms with Crippen LogP contribution in [0.25, 0.3) is 0 Å². The quantitative estimate of drug-likeness (QED) is 0.717. The van der Waals surface area contributed by atoms with Crippen molar-refractivity contribution in [1.82, 2.24) is 10.2 Å². The van der Waals surface area contributed by atoms with E-state index in [1.165, 1.54) is 25.6 Å². The van der Waals surface area contributed by atoms with Crippen LogP contribution in [0, 0.1) is 5.92 Å². The Morgan fingerprint density at radius 3 is 2.59 bits per heavy atom. The minimum absolute atomic E-state index is 0.236. The number of nitrogens with zero attached hydrogens (tertiary/aromatic N) is 1. The van der Waals surface area contributed by atoms with Gasteiger partial charge in [-0.3, -0.25) is 4.90 Å². The molecule has 2 atom stereocenters. The Balaban J connectivity index is 2.10. The van der Waals surface area contributed by atoms with Crippen LogP contribution in [0.15, 0.2) is 0 Å². The molecule has 2 unspecified atom stereocenters. The first kappa shape index (κ1) is 14.9. The summed E-state index contributed by atoms with van der Waals surface area (Å²) in [6.45, 7) is 8.25. The van der Waals surface area contributed by atoms with Gasteiger partial charge >= 0.3 is 0 Å². The number of rotatable bonds is 6. The molecule has 0 amide bonds. The van der Waals surface area contributed by atoms with E-state index in [9.17, 15) is 8.42 Å². The van der Waals surface area contributed by atoms with Crippen LogP contribution in [-0.2, 0) is 9.84 Å². The highest BCUT2D eigenvalue weighted by atomic mass is 32.2. The fourth-order valence-corrected chi connectivity index (χ4v) is 2.91. The molecule has 0 spiro atoms. The summed E-state index contributed by atoms with van der Waals surface area (Å²) in [6, 6.07) is 0.662. The molecule has 1 heterocycles. The second kappa shape index (κ2) is 6.71. The largest absolute Gasteiger partial charge is 0.314 e. The monoisotopic (exact) mass is 262 g/mol. The molecule has 1 rings (SSSR count). The maximum atomic E-state index is 10.9. The lowest BCUT2D eigenvalue weighted by Gasteiger charge is -2.36. The molecule has 0 bridgehead atoms. The van der Waals surface area contributed by atoms with Crippen molar-refractivity contribution in [2.75, 3.05) is 38.2 Å². The van der Waals surface area contributed by atoms with Gasteiger partial charge in [-0.2, -0.15) is 0 Å². The molecule has 0 aromatic heterocycles. The number of sulfone groups is 1. The van der Waals surface area contributed by atoms with Crippen molar-refractivity contribution in [3.63, 3.8) is 0 Å². The standard InChI is InChI=1S/C12H26N2O2S/c1-11-4-7-14(12(2)10-11)8-5-13-6-9-17(3,15)16/h11-13H,4-10H2,1-3H3. The molecular weight excluding hydrogens is 236 g/mol. The number of piperidine rings is 1. The van der Waals surface area contributed by atoms with Gasteiger partial charge in [-0.15, -0.1) is 0 Å². The molecule has 1 fully saturated rings. The average molecular weight is 262 g/mol. The van der Waals surface area contributed by atoms with Crippen molar-refractivity contribution < 1.29 is 8.42 Å². The summed E-state index contributed by atoms with van der Waals surface area (Å²) >= 11 is 0. The second-order valence-corrected chi connectivity index (χ2v) is 7.65. The Labute approximate surface area is 106 Å². The zero-order valence-electron chi connectivity index (χ0n) is 11.3. The van der Waals surface area contributed by atoms with Crippen LogP contribution >= 0.6 is 0 Å². The van der Waals surface area contributed by atoms with Gasteiger partial charge in [0, 0.05) is 31.9 Å². The molecule has 1 aliphatic heterocycles. The maximum absolute atomic E-state index is 10.9. The molecule has 17 heavy (non-hydrogen) atoms. The predicted molar refractivity (Wildman–Crippen MR) is 72.0 cm³/mol. The highest BCUT2D eigenvalue weighted by Crippen LogP contribution is 2.21. The molecule has 0 saturated carbocycles. The molecule has 1 N–H and O–H groups in total. The number of hydrogen-bond acceptors (Lipinski definition) is 4.